The summed E-state index contributed by atoms with van der Waals surface area (Å²) in [6.07, 6.45) is 0. The van der Waals surface area contributed by atoms with Crippen molar-refractivity contribution >= 4 is 38.5 Å². The van der Waals surface area contributed by atoms with Gasteiger partial charge >= 0.3 is 0 Å². The van der Waals surface area contributed by atoms with E-state index in [1.54, 1.807) is 16.8 Å². The van der Waals surface area contributed by atoms with Crippen LogP contribution in [0.5, 0.6) is 0 Å². The van der Waals surface area contributed by atoms with Gasteiger partial charge in [0.25, 0.3) is 5.91 Å². The van der Waals surface area contributed by atoms with E-state index >= 15 is 0 Å². The Bertz CT molecular complexity index is 1030. The molecule has 1 aliphatic heterocycles. The Morgan fingerprint density at radius 2 is 1.96 bits per heavy atom. The molecule has 1 N–H and O–H groups in total. The highest BCUT2D eigenvalue weighted by molar-refractivity contribution is 9.10. The van der Waals surface area contributed by atoms with Crippen LogP contribution in [0.15, 0.2) is 53.0 Å². The summed E-state index contributed by atoms with van der Waals surface area (Å²) in [5.74, 6) is 1.21. The Labute approximate surface area is 162 Å². The van der Waals surface area contributed by atoms with Gasteiger partial charge in [-0.1, -0.05) is 39.7 Å². The molecule has 1 aromatic heterocycles. The van der Waals surface area contributed by atoms with E-state index in [4.69, 9.17) is 0 Å². The van der Waals surface area contributed by atoms with Crippen molar-refractivity contribution in [2.75, 3.05) is 5.32 Å². The summed E-state index contributed by atoms with van der Waals surface area (Å²) in [6.45, 7) is 2.02. The van der Waals surface area contributed by atoms with Crippen LogP contribution < -0.4 is 5.32 Å². The minimum absolute atomic E-state index is 0.222. The summed E-state index contributed by atoms with van der Waals surface area (Å²) in [7, 11) is -0.964. The van der Waals surface area contributed by atoms with E-state index in [9.17, 15) is 9.00 Å². The molecule has 0 unspecified atom stereocenters. The van der Waals surface area contributed by atoms with E-state index in [1.807, 2.05) is 43.3 Å². The summed E-state index contributed by atoms with van der Waals surface area (Å²) >= 11 is 3.39. The first-order chi connectivity index (χ1) is 12.5. The number of nitrogens with zero attached hydrogens (tertiary/aromatic N) is 2. The van der Waals surface area contributed by atoms with Crippen molar-refractivity contribution in [3.63, 3.8) is 0 Å². The van der Waals surface area contributed by atoms with Gasteiger partial charge < -0.3 is 5.32 Å². The number of amides is 1. The molecule has 2 aromatic carbocycles. The first-order valence-corrected chi connectivity index (χ1v) is 10.4. The van der Waals surface area contributed by atoms with Crippen LogP contribution in [-0.4, -0.2) is 19.9 Å². The second-order valence-electron chi connectivity index (χ2n) is 6.21. The van der Waals surface area contributed by atoms with Crippen LogP contribution in [0.3, 0.4) is 0 Å². The number of halogens is 1. The number of hydrogen-bond donors (Lipinski definition) is 1. The molecule has 1 aliphatic rings. The van der Waals surface area contributed by atoms with Crippen molar-refractivity contribution in [1.29, 1.82) is 0 Å². The van der Waals surface area contributed by atoms with Crippen LogP contribution in [0.2, 0.25) is 0 Å². The minimum Gasteiger partial charge on any atom is -0.306 e. The standard InChI is InChI=1S/C19H16BrN3O2S/c1-12-5-7-15(8-6-12)23-18(16-10-26(25)11-17(16)22-23)21-19(24)13-3-2-4-14(20)9-13/h2-9H,10-11H2,1H3,(H,21,24)/t26-/m0/s1. The van der Waals surface area contributed by atoms with Crippen molar-refractivity contribution in [3.8, 4) is 5.69 Å². The number of carbonyl (C=O) groups excluding carboxylic acids is 1. The van der Waals surface area contributed by atoms with Gasteiger partial charge in [-0.05, 0) is 37.3 Å². The average Bonchev–Trinajstić information content (AvgIpc) is 3.13. The van der Waals surface area contributed by atoms with Crippen molar-refractivity contribution in [2.24, 2.45) is 0 Å². The highest BCUT2D eigenvalue weighted by Crippen LogP contribution is 2.31. The van der Waals surface area contributed by atoms with E-state index in [1.165, 1.54) is 0 Å². The molecule has 0 saturated carbocycles. The number of anilines is 1. The summed E-state index contributed by atoms with van der Waals surface area (Å²) in [5, 5.41) is 7.58. The Morgan fingerprint density at radius 1 is 1.19 bits per heavy atom. The predicted octanol–water partition coefficient (Wildman–Crippen LogP) is 3.96. The molecule has 0 aliphatic carbocycles. The number of carbonyl (C=O) groups is 1. The number of benzene rings is 2. The van der Waals surface area contributed by atoms with Gasteiger partial charge in [0.15, 0.2) is 0 Å². The molecule has 4 rings (SSSR count). The predicted molar refractivity (Wildman–Crippen MR) is 106 cm³/mol. The Balaban J connectivity index is 1.75. The Kier molecular flexibility index (Phi) is 4.50. The fourth-order valence-corrected chi connectivity index (χ4v) is 4.60. The average molecular weight is 430 g/mol. The van der Waals surface area contributed by atoms with Crippen molar-refractivity contribution in [2.45, 2.75) is 18.4 Å². The zero-order valence-corrected chi connectivity index (χ0v) is 16.4. The highest BCUT2D eigenvalue weighted by atomic mass is 79.9. The zero-order chi connectivity index (χ0) is 18.3. The quantitative estimate of drug-likeness (QED) is 0.684. The normalized spacial score (nSPS) is 15.7. The fraction of sp³-hybridized carbons (Fsp3) is 0.158. The molecule has 1 amide bonds. The SMILES string of the molecule is Cc1ccc(-n2nc3c(c2NC(=O)c2cccc(Br)c2)C[S@](=O)C3)cc1. The van der Waals surface area contributed by atoms with E-state index in [2.05, 4.69) is 26.3 Å². The number of rotatable bonds is 3. The summed E-state index contributed by atoms with van der Waals surface area (Å²) in [6, 6.07) is 15.1. The number of aromatic nitrogens is 2. The van der Waals surface area contributed by atoms with Gasteiger partial charge in [0, 0.05) is 26.4 Å². The van der Waals surface area contributed by atoms with Crippen LogP contribution in [0.25, 0.3) is 5.69 Å². The smallest absolute Gasteiger partial charge is 0.256 e. The zero-order valence-electron chi connectivity index (χ0n) is 14.0. The monoisotopic (exact) mass is 429 g/mol. The Morgan fingerprint density at radius 3 is 2.69 bits per heavy atom. The molecule has 0 saturated heterocycles. The molecule has 2 heterocycles. The van der Waals surface area contributed by atoms with Crippen LogP contribution in [-0.2, 0) is 22.3 Å². The molecular weight excluding hydrogens is 414 g/mol. The third-order valence-corrected chi connectivity index (χ3v) is 5.97. The van der Waals surface area contributed by atoms with Gasteiger partial charge in [0.2, 0.25) is 0 Å². The second kappa shape index (κ2) is 6.81. The maximum atomic E-state index is 12.7. The van der Waals surface area contributed by atoms with Gasteiger partial charge in [-0.2, -0.15) is 5.10 Å². The summed E-state index contributed by atoms with van der Waals surface area (Å²) < 4.78 is 14.5. The topological polar surface area (TPSA) is 64.0 Å². The largest absolute Gasteiger partial charge is 0.306 e. The molecule has 7 heteroatoms. The van der Waals surface area contributed by atoms with Crippen LogP contribution in [0.4, 0.5) is 5.82 Å². The van der Waals surface area contributed by atoms with Crippen LogP contribution in [0.1, 0.15) is 27.2 Å². The lowest BCUT2D eigenvalue weighted by Crippen LogP contribution is -2.16. The lowest BCUT2D eigenvalue weighted by Gasteiger charge is -2.11. The van der Waals surface area contributed by atoms with Crippen molar-refractivity contribution < 1.29 is 9.00 Å². The summed E-state index contributed by atoms with van der Waals surface area (Å²) in [4.78, 5) is 12.7. The fourth-order valence-electron chi connectivity index (χ4n) is 2.94. The molecule has 0 fully saturated rings. The number of fused-ring (bicyclic) bond motifs is 1. The molecule has 1 atom stereocenters. The van der Waals surface area contributed by atoms with E-state index in [0.29, 0.717) is 22.9 Å². The van der Waals surface area contributed by atoms with Crippen molar-refractivity contribution in [1.82, 2.24) is 9.78 Å². The molecule has 5 nitrogen and oxygen atoms in total. The third kappa shape index (κ3) is 3.24. The molecule has 0 bridgehead atoms. The Hall–Kier alpha value is -2.25. The highest BCUT2D eigenvalue weighted by Gasteiger charge is 2.28. The maximum absolute atomic E-state index is 12.7. The van der Waals surface area contributed by atoms with Gasteiger partial charge in [-0.15, -0.1) is 0 Å². The minimum atomic E-state index is -0.964. The lowest BCUT2D eigenvalue weighted by molar-refractivity contribution is 0.102. The number of nitrogens with one attached hydrogen (secondary N) is 1. The van der Waals surface area contributed by atoms with Gasteiger partial charge in [-0.3, -0.25) is 9.00 Å². The van der Waals surface area contributed by atoms with E-state index in [-0.39, 0.29) is 5.91 Å². The van der Waals surface area contributed by atoms with Crippen LogP contribution >= 0.6 is 15.9 Å². The third-order valence-electron chi connectivity index (χ3n) is 4.27. The molecule has 0 spiro atoms. The number of aryl methyl sites for hydroxylation is 1. The van der Waals surface area contributed by atoms with E-state index < -0.39 is 10.8 Å². The molecule has 26 heavy (non-hydrogen) atoms. The molecule has 0 radical (unpaired) electrons. The van der Waals surface area contributed by atoms with Gasteiger partial charge in [-0.25, -0.2) is 4.68 Å². The van der Waals surface area contributed by atoms with Crippen molar-refractivity contribution in [3.05, 3.63) is 75.4 Å². The van der Waals surface area contributed by atoms with Gasteiger partial charge in [0.05, 0.1) is 22.9 Å². The summed E-state index contributed by atoms with van der Waals surface area (Å²) in [5.41, 5.74) is 4.19. The number of hydrogen-bond acceptors (Lipinski definition) is 3. The first kappa shape index (κ1) is 17.2. The van der Waals surface area contributed by atoms with Gasteiger partial charge in [0.1, 0.15) is 5.82 Å². The lowest BCUT2D eigenvalue weighted by atomic mass is 10.2. The molecule has 132 valence electrons. The molecule has 3 aromatic rings. The second-order valence-corrected chi connectivity index (χ2v) is 8.59. The van der Waals surface area contributed by atoms with Crippen LogP contribution in [0, 0.1) is 6.92 Å². The first-order valence-electron chi connectivity index (χ1n) is 8.11. The van der Waals surface area contributed by atoms with E-state index in [0.717, 1.165) is 27.0 Å². The molecular formula is C19H16BrN3O2S. The maximum Gasteiger partial charge on any atom is 0.256 e.